The van der Waals surface area contributed by atoms with Gasteiger partial charge in [0.15, 0.2) is 0 Å². The van der Waals surface area contributed by atoms with Crippen LogP contribution in [0.15, 0.2) is 109 Å². The van der Waals surface area contributed by atoms with Crippen molar-refractivity contribution in [1.29, 1.82) is 0 Å². The van der Waals surface area contributed by atoms with Gasteiger partial charge in [0, 0.05) is 18.6 Å². The van der Waals surface area contributed by atoms with Crippen LogP contribution in [0.2, 0.25) is 0 Å². The molecule has 8 nitrogen and oxygen atoms in total. The lowest BCUT2D eigenvalue weighted by Crippen LogP contribution is -2.45. The first kappa shape index (κ1) is 31.8. The summed E-state index contributed by atoms with van der Waals surface area (Å²) in [7, 11) is 4.38. The highest BCUT2D eigenvalue weighted by molar-refractivity contribution is 5.72. The van der Waals surface area contributed by atoms with Gasteiger partial charge in [-0.2, -0.15) is 0 Å². The van der Waals surface area contributed by atoms with Crippen molar-refractivity contribution in [3.8, 4) is 5.75 Å². The molecule has 1 aliphatic carbocycles. The predicted molar refractivity (Wildman–Crippen MR) is 167 cm³/mol. The fraction of sp³-hybridized carbons (Fsp3) is 0.343. The smallest absolute Gasteiger partial charge is 0.311 e. The minimum absolute atomic E-state index is 0.0421. The third-order valence-electron chi connectivity index (χ3n) is 7.78. The van der Waals surface area contributed by atoms with Crippen molar-refractivity contribution in [2.24, 2.45) is 0 Å². The minimum Gasteiger partial charge on any atom is -0.427 e. The van der Waals surface area contributed by atoms with Crippen molar-refractivity contribution < 1.29 is 28.8 Å². The first-order valence-electron chi connectivity index (χ1n) is 14.8. The number of likely N-dealkylation sites (N-methyl/N-ethyl adjacent to an activating group) is 1. The van der Waals surface area contributed by atoms with Crippen LogP contribution < -0.4 is 4.74 Å². The third-order valence-corrected chi connectivity index (χ3v) is 7.78. The third kappa shape index (κ3) is 8.70. The Labute approximate surface area is 253 Å². The number of rotatable bonds is 15. The fourth-order valence-electron chi connectivity index (χ4n) is 5.33. The second-order valence-electron chi connectivity index (χ2n) is 11.5. The van der Waals surface area contributed by atoms with Crippen LogP contribution in [0.3, 0.4) is 0 Å². The highest BCUT2D eigenvalue weighted by Crippen LogP contribution is 2.42. The predicted octanol–water partition coefficient (Wildman–Crippen LogP) is 6.34. The van der Waals surface area contributed by atoms with Gasteiger partial charge in [-0.1, -0.05) is 78.9 Å². The zero-order valence-electron chi connectivity index (χ0n) is 24.9. The second kappa shape index (κ2) is 14.9. The average Bonchev–Trinajstić information content (AvgIpc) is 3.01. The van der Waals surface area contributed by atoms with Gasteiger partial charge >= 0.3 is 5.97 Å². The van der Waals surface area contributed by atoms with E-state index in [0.717, 1.165) is 47.1 Å². The van der Waals surface area contributed by atoms with Crippen LogP contribution in [0.4, 0.5) is 5.69 Å². The number of quaternary nitrogens is 1. The molecule has 0 radical (unpaired) electrons. The molecule has 0 saturated heterocycles. The lowest BCUT2D eigenvalue weighted by Gasteiger charge is -2.39. The zero-order valence-corrected chi connectivity index (χ0v) is 24.9. The highest BCUT2D eigenvalue weighted by atomic mass is 16.6. The number of hydrogen-bond acceptors (Lipinski definition) is 6. The SMILES string of the molecule is C[N+](C)(CCCCCC(=O)Oc1ccc([N+](=O)[O-])cc1)CCOC(C1=CC[C@H](O)C=C1)(c1ccccc1)c1ccccc1. The normalized spacial score (nSPS) is 15.1. The highest BCUT2D eigenvalue weighted by Gasteiger charge is 2.39. The molecule has 0 aliphatic heterocycles. The number of unbranched alkanes of at least 4 members (excludes halogenated alkanes) is 2. The molecule has 0 spiro atoms. The van der Waals surface area contributed by atoms with Crippen molar-refractivity contribution in [3.63, 3.8) is 0 Å². The van der Waals surface area contributed by atoms with Crippen molar-refractivity contribution in [2.45, 2.75) is 43.8 Å². The Hall–Kier alpha value is -4.11. The molecule has 0 fully saturated rings. The van der Waals surface area contributed by atoms with E-state index < -0.39 is 16.6 Å². The molecule has 43 heavy (non-hydrogen) atoms. The van der Waals surface area contributed by atoms with Crippen LogP contribution in [0, 0.1) is 10.1 Å². The number of carbonyl (C=O) groups is 1. The van der Waals surface area contributed by atoms with E-state index in [4.69, 9.17) is 9.47 Å². The number of aliphatic hydroxyl groups excluding tert-OH is 1. The monoisotopic (exact) mass is 585 g/mol. The first-order chi connectivity index (χ1) is 20.7. The number of nitrogens with zero attached hydrogens (tertiary/aromatic N) is 2. The summed E-state index contributed by atoms with van der Waals surface area (Å²) in [4.78, 5) is 22.5. The summed E-state index contributed by atoms with van der Waals surface area (Å²) in [6.45, 7) is 2.24. The molecular formula is C35H41N2O6+. The standard InChI is InChI=1S/C35H41N2O6/c1-37(2,25-11-5-10-16-34(39)43-33-23-19-31(20-24-33)36(40)41)26-27-42-35(28-12-6-3-7-13-28,29-14-8-4-9-15-29)30-17-21-32(38)22-18-30/h3-4,6-9,12-15,17-21,23-24,32,38H,5,10-11,16,22,25-27H2,1-2H3/q+1/t32-/m1/s1. The van der Waals surface area contributed by atoms with E-state index in [0.29, 0.717) is 31.6 Å². The molecule has 0 saturated carbocycles. The van der Waals surface area contributed by atoms with Crippen molar-refractivity contribution in [2.75, 3.05) is 33.8 Å². The van der Waals surface area contributed by atoms with E-state index in [2.05, 4.69) is 44.4 Å². The largest absolute Gasteiger partial charge is 0.427 e. The van der Waals surface area contributed by atoms with Gasteiger partial charge in [-0.25, -0.2) is 0 Å². The molecule has 4 rings (SSSR count). The Morgan fingerprint density at radius 3 is 2.12 bits per heavy atom. The first-order valence-corrected chi connectivity index (χ1v) is 14.8. The minimum atomic E-state index is -0.802. The summed E-state index contributed by atoms with van der Waals surface area (Å²) >= 11 is 0. The number of carbonyl (C=O) groups excluding carboxylic acids is 1. The van der Waals surface area contributed by atoms with Gasteiger partial charge in [0.2, 0.25) is 0 Å². The topological polar surface area (TPSA) is 98.9 Å². The van der Waals surface area contributed by atoms with Crippen LogP contribution >= 0.6 is 0 Å². The maximum Gasteiger partial charge on any atom is 0.311 e. The van der Waals surface area contributed by atoms with Crippen LogP contribution in [-0.2, 0) is 15.1 Å². The zero-order chi connectivity index (χ0) is 30.7. The van der Waals surface area contributed by atoms with Gasteiger partial charge in [-0.15, -0.1) is 0 Å². The summed E-state index contributed by atoms with van der Waals surface area (Å²) in [5.41, 5.74) is 2.25. The summed E-state index contributed by atoms with van der Waals surface area (Å²) in [5, 5.41) is 20.9. The Bertz CT molecular complexity index is 1360. The maximum atomic E-state index is 12.2. The lowest BCUT2D eigenvalue weighted by molar-refractivity contribution is -0.891. The molecule has 0 amide bonds. The summed E-state index contributed by atoms with van der Waals surface area (Å²) in [5.74, 6) is -0.0288. The average molecular weight is 586 g/mol. The number of benzene rings is 3. The number of hydrogen-bond donors (Lipinski definition) is 1. The van der Waals surface area contributed by atoms with Crippen LogP contribution in [0.25, 0.3) is 0 Å². The van der Waals surface area contributed by atoms with E-state index in [1.165, 1.54) is 24.3 Å². The van der Waals surface area contributed by atoms with Gasteiger partial charge < -0.3 is 19.1 Å². The molecule has 8 heteroatoms. The Morgan fingerprint density at radius 2 is 1.56 bits per heavy atom. The quantitative estimate of drug-likeness (QED) is 0.0558. The molecule has 3 aromatic carbocycles. The van der Waals surface area contributed by atoms with E-state index >= 15 is 0 Å². The summed E-state index contributed by atoms with van der Waals surface area (Å²) < 4.78 is 13.0. The molecule has 1 atom stereocenters. The molecule has 0 bridgehead atoms. The van der Waals surface area contributed by atoms with Gasteiger partial charge in [-0.3, -0.25) is 14.9 Å². The Balaban J connectivity index is 1.32. The van der Waals surface area contributed by atoms with Crippen LogP contribution in [0.5, 0.6) is 5.75 Å². The van der Waals surface area contributed by atoms with E-state index in [-0.39, 0.29) is 11.7 Å². The van der Waals surface area contributed by atoms with Gasteiger partial charge in [-0.05, 0) is 54.5 Å². The molecule has 0 unspecified atom stereocenters. The molecule has 1 N–H and O–H groups in total. The van der Waals surface area contributed by atoms with Crippen molar-refractivity contribution in [1.82, 2.24) is 0 Å². The second-order valence-corrected chi connectivity index (χ2v) is 11.5. The molecule has 0 heterocycles. The van der Waals surface area contributed by atoms with Gasteiger partial charge in [0.1, 0.15) is 17.9 Å². The lowest BCUT2D eigenvalue weighted by atomic mass is 9.77. The molecule has 226 valence electrons. The molecule has 3 aromatic rings. The number of esters is 1. The van der Waals surface area contributed by atoms with E-state index in [1.54, 1.807) is 0 Å². The van der Waals surface area contributed by atoms with Gasteiger partial charge in [0.05, 0.1) is 38.3 Å². The summed E-state index contributed by atoms with van der Waals surface area (Å²) in [6, 6.07) is 26.0. The maximum absolute atomic E-state index is 12.2. The number of ether oxygens (including phenoxy) is 2. The number of aliphatic hydroxyl groups is 1. The van der Waals surface area contributed by atoms with Gasteiger partial charge in [0.25, 0.3) is 5.69 Å². The molecular weight excluding hydrogens is 544 g/mol. The number of non-ortho nitro benzene ring substituents is 1. The van der Waals surface area contributed by atoms with E-state index in [9.17, 15) is 20.0 Å². The molecule has 0 aromatic heterocycles. The van der Waals surface area contributed by atoms with Crippen molar-refractivity contribution >= 4 is 11.7 Å². The van der Waals surface area contributed by atoms with Crippen LogP contribution in [-0.4, -0.2) is 60.4 Å². The summed E-state index contributed by atoms with van der Waals surface area (Å²) in [6.07, 6.45) is 8.79. The number of nitro benzene ring substituents is 1. The van der Waals surface area contributed by atoms with Crippen molar-refractivity contribution in [3.05, 3.63) is 130 Å². The Kier molecular flexibility index (Phi) is 11.0. The Morgan fingerprint density at radius 1 is 0.930 bits per heavy atom. The van der Waals surface area contributed by atoms with Crippen LogP contribution in [0.1, 0.15) is 43.2 Å². The molecule has 1 aliphatic rings. The fourth-order valence-corrected chi connectivity index (χ4v) is 5.33. The number of nitro groups is 1. The van der Waals surface area contributed by atoms with E-state index in [1.807, 2.05) is 48.6 Å².